The fourth-order valence-corrected chi connectivity index (χ4v) is 4.82. The van der Waals surface area contributed by atoms with Crippen LogP contribution >= 0.6 is 11.3 Å². The second-order valence-corrected chi connectivity index (χ2v) is 8.36. The van der Waals surface area contributed by atoms with Gasteiger partial charge in [-0.3, -0.25) is 14.9 Å². The van der Waals surface area contributed by atoms with Gasteiger partial charge in [-0.05, 0) is 50.7 Å². The van der Waals surface area contributed by atoms with Crippen molar-refractivity contribution in [2.45, 2.75) is 46.1 Å². The number of para-hydroxylation sites is 2. The number of hydrogen-bond donors (Lipinski definition) is 1. The summed E-state index contributed by atoms with van der Waals surface area (Å²) >= 11 is 1.38. The first kappa shape index (κ1) is 21.8. The Bertz CT molecular complexity index is 970. The molecule has 1 aromatic carbocycles. The maximum atomic E-state index is 12.8. The zero-order chi connectivity index (χ0) is 21.8. The average Bonchev–Trinajstić information content (AvgIpc) is 3.05. The first-order valence-corrected chi connectivity index (χ1v) is 10.7. The minimum atomic E-state index is -1.00. The van der Waals surface area contributed by atoms with E-state index in [0.29, 0.717) is 16.5 Å². The Balaban J connectivity index is 1.82. The van der Waals surface area contributed by atoms with E-state index in [1.54, 1.807) is 13.0 Å². The van der Waals surface area contributed by atoms with Gasteiger partial charge in [-0.25, -0.2) is 4.79 Å². The Labute approximate surface area is 178 Å². The number of carbonyl (C=O) groups is 2. The second-order valence-electron chi connectivity index (χ2n) is 7.25. The van der Waals surface area contributed by atoms with E-state index in [1.807, 2.05) is 0 Å². The van der Waals surface area contributed by atoms with E-state index < -0.39 is 22.9 Å². The highest BCUT2D eigenvalue weighted by Crippen LogP contribution is 2.40. The molecule has 2 aromatic rings. The van der Waals surface area contributed by atoms with Gasteiger partial charge in [0, 0.05) is 10.9 Å². The van der Waals surface area contributed by atoms with Crippen LogP contribution in [0.4, 0.5) is 10.7 Å². The molecule has 1 amide bonds. The van der Waals surface area contributed by atoms with Crippen molar-refractivity contribution in [2.75, 3.05) is 11.9 Å². The van der Waals surface area contributed by atoms with Gasteiger partial charge in [0.1, 0.15) is 5.00 Å². The van der Waals surface area contributed by atoms with Crippen molar-refractivity contribution in [3.05, 3.63) is 50.4 Å². The highest BCUT2D eigenvalue weighted by molar-refractivity contribution is 7.17. The lowest BCUT2D eigenvalue weighted by Crippen LogP contribution is -2.30. The Morgan fingerprint density at radius 3 is 2.80 bits per heavy atom. The second kappa shape index (κ2) is 9.25. The summed E-state index contributed by atoms with van der Waals surface area (Å²) < 4.78 is 10.8. The predicted molar refractivity (Wildman–Crippen MR) is 113 cm³/mol. The van der Waals surface area contributed by atoms with Crippen molar-refractivity contribution in [3.63, 3.8) is 0 Å². The van der Waals surface area contributed by atoms with Crippen molar-refractivity contribution >= 4 is 33.9 Å². The Morgan fingerprint density at radius 2 is 2.10 bits per heavy atom. The number of amides is 1. The molecule has 1 aromatic heterocycles. The lowest BCUT2D eigenvalue weighted by atomic mass is 9.88. The minimum Gasteiger partial charge on any atom is -0.474 e. The number of nitro benzene ring substituents is 1. The van der Waals surface area contributed by atoms with E-state index >= 15 is 0 Å². The smallest absolute Gasteiger partial charge is 0.341 e. The maximum absolute atomic E-state index is 12.8. The number of ether oxygens (including phenoxy) is 2. The molecule has 1 N–H and O–H groups in total. The van der Waals surface area contributed by atoms with Crippen LogP contribution in [0.5, 0.6) is 5.75 Å². The van der Waals surface area contributed by atoms with Gasteiger partial charge in [-0.15, -0.1) is 11.3 Å². The number of carbonyl (C=O) groups excluding carboxylic acids is 2. The molecule has 0 spiro atoms. The Morgan fingerprint density at radius 1 is 1.37 bits per heavy atom. The zero-order valence-electron chi connectivity index (χ0n) is 17.1. The first-order chi connectivity index (χ1) is 14.3. The van der Waals surface area contributed by atoms with Gasteiger partial charge in [0.15, 0.2) is 11.9 Å². The molecular formula is C21H24N2O6S. The molecule has 0 saturated carbocycles. The van der Waals surface area contributed by atoms with Crippen LogP contribution in [-0.4, -0.2) is 29.5 Å². The van der Waals surface area contributed by atoms with Crippen LogP contribution in [0.1, 0.15) is 48.0 Å². The van der Waals surface area contributed by atoms with Gasteiger partial charge in [0.2, 0.25) is 0 Å². The molecule has 3 rings (SSSR count). The van der Waals surface area contributed by atoms with Crippen LogP contribution in [0.15, 0.2) is 24.3 Å². The molecule has 2 atom stereocenters. The number of esters is 1. The summed E-state index contributed by atoms with van der Waals surface area (Å²) in [5.74, 6) is -0.428. The number of fused-ring (bicyclic) bond motifs is 1. The molecular weight excluding hydrogens is 408 g/mol. The molecule has 1 aliphatic carbocycles. The lowest BCUT2D eigenvalue weighted by molar-refractivity contribution is -0.386. The fraction of sp³-hybridized carbons (Fsp3) is 0.429. The van der Waals surface area contributed by atoms with Gasteiger partial charge >= 0.3 is 11.7 Å². The summed E-state index contributed by atoms with van der Waals surface area (Å²) in [5, 5.41) is 14.4. The molecule has 1 heterocycles. The summed E-state index contributed by atoms with van der Waals surface area (Å²) in [4.78, 5) is 37.0. The van der Waals surface area contributed by atoms with Gasteiger partial charge in [-0.1, -0.05) is 19.1 Å². The van der Waals surface area contributed by atoms with Crippen LogP contribution in [0.25, 0.3) is 0 Å². The number of nitro groups is 1. The molecule has 9 heteroatoms. The third kappa shape index (κ3) is 4.62. The first-order valence-electron chi connectivity index (χ1n) is 9.84. The van der Waals surface area contributed by atoms with Gasteiger partial charge < -0.3 is 14.8 Å². The normalized spacial score (nSPS) is 16.3. The SMILES string of the molecule is CCOC(=O)c1c(NC(=O)[C@@H](C)Oc2ccccc2[N+](=O)[O-])sc2c1CC[C@@H](C)C2. The monoisotopic (exact) mass is 432 g/mol. The quantitative estimate of drug-likeness (QED) is 0.396. The third-order valence-corrected chi connectivity index (χ3v) is 6.13. The number of nitrogens with zero attached hydrogens (tertiary/aromatic N) is 1. The molecule has 8 nitrogen and oxygen atoms in total. The predicted octanol–water partition coefficient (Wildman–Crippen LogP) is 4.36. The number of nitrogens with one attached hydrogen (secondary N) is 1. The number of anilines is 1. The summed E-state index contributed by atoms with van der Waals surface area (Å²) in [6.45, 7) is 5.64. The number of rotatable bonds is 7. The van der Waals surface area contributed by atoms with E-state index in [1.165, 1.54) is 36.5 Å². The van der Waals surface area contributed by atoms with E-state index in [4.69, 9.17) is 9.47 Å². The molecule has 0 fully saturated rings. The van der Waals surface area contributed by atoms with Crippen molar-refractivity contribution in [1.82, 2.24) is 0 Å². The van der Waals surface area contributed by atoms with Crippen molar-refractivity contribution in [3.8, 4) is 5.75 Å². The van der Waals surface area contributed by atoms with Crippen LogP contribution in [0, 0.1) is 16.0 Å². The average molecular weight is 432 g/mol. The van der Waals surface area contributed by atoms with Gasteiger partial charge in [0.05, 0.1) is 17.1 Å². The lowest BCUT2D eigenvalue weighted by Gasteiger charge is -2.18. The molecule has 0 radical (unpaired) electrons. The summed E-state index contributed by atoms with van der Waals surface area (Å²) in [6, 6.07) is 5.88. The summed E-state index contributed by atoms with van der Waals surface area (Å²) in [7, 11) is 0. The highest BCUT2D eigenvalue weighted by Gasteiger charge is 2.30. The number of benzene rings is 1. The van der Waals surface area contributed by atoms with Gasteiger partial charge in [-0.2, -0.15) is 0 Å². The number of hydrogen-bond acceptors (Lipinski definition) is 7. The minimum absolute atomic E-state index is 0.00932. The molecule has 0 saturated heterocycles. The Hall–Kier alpha value is -2.94. The molecule has 0 aliphatic heterocycles. The van der Waals surface area contributed by atoms with Crippen LogP contribution in [-0.2, 0) is 22.4 Å². The van der Waals surface area contributed by atoms with Crippen LogP contribution in [0.3, 0.4) is 0 Å². The molecule has 30 heavy (non-hydrogen) atoms. The Kier molecular flexibility index (Phi) is 6.71. The molecule has 160 valence electrons. The van der Waals surface area contributed by atoms with E-state index in [2.05, 4.69) is 12.2 Å². The van der Waals surface area contributed by atoms with Crippen molar-refractivity contribution in [2.24, 2.45) is 5.92 Å². The van der Waals surface area contributed by atoms with E-state index in [0.717, 1.165) is 29.7 Å². The maximum Gasteiger partial charge on any atom is 0.341 e. The van der Waals surface area contributed by atoms with Crippen LogP contribution in [0.2, 0.25) is 0 Å². The highest BCUT2D eigenvalue weighted by atomic mass is 32.1. The topological polar surface area (TPSA) is 108 Å². The van der Waals surface area contributed by atoms with E-state index in [-0.39, 0.29) is 18.0 Å². The van der Waals surface area contributed by atoms with Gasteiger partial charge in [0.25, 0.3) is 5.91 Å². The van der Waals surface area contributed by atoms with Crippen LogP contribution < -0.4 is 10.1 Å². The molecule has 0 bridgehead atoms. The summed E-state index contributed by atoms with van der Waals surface area (Å²) in [5.41, 5.74) is 1.14. The zero-order valence-corrected chi connectivity index (χ0v) is 17.9. The van der Waals surface area contributed by atoms with E-state index in [9.17, 15) is 19.7 Å². The van der Waals surface area contributed by atoms with Crippen molar-refractivity contribution < 1.29 is 24.0 Å². The largest absolute Gasteiger partial charge is 0.474 e. The third-order valence-electron chi connectivity index (χ3n) is 4.96. The standard InChI is InChI=1S/C21H24N2O6S/c1-4-28-21(25)18-14-10-9-12(2)11-17(14)30-20(18)22-19(24)13(3)29-16-8-6-5-7-15(16)23(26)27/h5-8,12-13H,4,9-11H2,1-3H3,(H,22,24)/t12-,13-/m1/s1. The molecule has 1 aliphatic rings. The summed E-state index contributed by atoms with van der Waals surface area (Å²) in [6.07, 6.45) is 1.59. The van der Waals surface area contributed by atoms with Crippen molar-refractivity contribution in [1.29, 1.82) is 0 Å². The fourth-order valence-electron chi connectivity index (χ4n) is 3.42. The molecule has 0 unspecified atom stereocenters. The number of thiophene rings is 1.